The van der Waals surface area contributed by atoms with Gasteiger partial charge in [-0.15, -0.1) is 11.3 Å². The van der Waals surface area contributed by atoms with Crippen LogP contribution in [0.25, 0.3) is 20.2 Å². The van der Waals surface area contributed by atoms with E-state index < -0.39 is 24.7 Å². The lowest BCUT2D eigenvalue weighted by molar-refractivity contribution is -0.126. The lowest BCUT2D eigenvalue weighted by atomic mass is 10.1. The number of rotatable bonds is 6. The van der Waals surface area contributed by atoms with Crippen LogP contribution < -0.4 is 15.5 Å². The molecule has 0 bridgehead atoms. The summed E-state index contributed by atoms with van der Waals surface area (Å²) in [6.07, 6.45) is 0. The van der Waals surface area contributed by atoms with E-state index in [1.165, 1.54) is 18.3 Å². The van der Waals surface area contributed by atoms with Gasteiger partial charge in [0.15, 0.2) is 12.0 Å². The maximum Gasteiger partial charge on any atom is 0.258 e. The summed E-state index contributed by atoms with van der Waals surface area (Å²) in [5.41, 5.74) is -1.18. The molecule has 136 valence electrons. The van der Waals surface area contributed by atoms with Gasteiger partial charge in [0, 0.05) is 15.5 Å². The quantitative estimate of drug-likeness (QED) is 0.571. The Bertz CT molecular complexity index is 1010. The van der Waals surface area contributed by atoms with Gasteiger partial charge in [-0.05, 0) is 31.2 Å². The second kappa shape index (κ2) is 7.41. The predicted molar refractivity (Wildman–Crippen MR) is 102 cm³/mol. The highest BCUT2D eigenvalue weighted by molar-refractivity contribution is 7.24. The van der Waals surface area contributed by atoms with Crippen molar-refractivity contribution in [1.82, 2.24) is 5.32 Å². The zero-order chi connectivity index (χ0) is 18.7. The topological polar surface area (TPSA) is 95.9 Å². The van der Waals surface area contributed by atoms with Crippen LogP contribution in [0.15, 0.2) is 47.3 Å². The largest absolute Gasteiger partial charge is 0.482 e. The van der Waals surface area contributed by atoms with Crippen LogP contribution in [0, 0.1) is 0 Å². The summed E-state index contributed by atoms with van der Waals surface area (Å²) in [5.74, 6) is -0.0269. The fourth-order valence-electron chi connectivity index (χ4n) is 2.56. The summed E-state index contributed by atoms with van der Waals surface area (Å²) >= 11 is 1.43. The van der Waals surface area contributed by atoms with E-state index in [4.69, 9.17) is 4.74 Å². The second-order valence-electron chi connectivity index (χ2n) is 6.27. The minimum Gasteiger partial charge on any atom is -0.482 e. The zero-order valence-corrected chi connectivity index (χ0v) is 15.0. The van der Waals surface area contributed by atoms with Crippen molar-refractivity contribution in [3.8, 4) is 5.75 Å². The van der Waals surface area contributed by atoms with Crippen LogP contribution in [0.2, 0.25) is 0 Å². The third-order valence-corrected chi connectivity index (χ3v) is 5.27. The fraction of sp³-hybridized carbons (Fsp3) is 0.263. The van der Waals surface area contributed by atoms with Crippen LogP contribution in [-0.4, -0.2) is 41.5 Å². The third kappa shape index (κ3) is 3.55. The Morgan fingerprint density at radius 3 is 2.54 bits per heavy atom. The molecule has 6 nitrogen and oxygen atoms in total. The average Bonchev–Trinajstić information content (AvgIpc) is 2.66. The molecule has 0 spiro atoms. The van der Waals surface area contributed by atoms with Crippen molar-refractivity contribution in [3.05, 3.63) is 52.7 Å². The summed E-state index contributed by atoms with van der Waals surface area (Å²) in [5, 5.41) is 22.2. The van der Waals surface area contributed by atoms with Gasteiger partial charge < -0.3 is 20.3 Å². The van der Waals surface area contributed by atoms with E-state index in [1.54, 1.807) is 24.3 Å². The van der Waals surface area contributed by atoms with Crippen molar-refractivity contribution >= 4 is 37.4 Å². The van der Waals surface area contributed by atoms with Crippen LogP contribution in [0.5, 0.6) is 5.75 Å². The van der Waals surface area contributed by atoms with Gasteiger partial charge in [0.1, 0.15) is 5.75 Å². The SMILES string of the molecule is CC(CO)(CO)NC(=O)COc1cccc2c(=O)c3ccccc3sc12. The summed E-state index contributed by atoms with van der Waals surface area (Å²) < 4.78 is 7.14. The van der Waals surface area contributed by atoms with E-state index in [0.29, 0.717) is 21.2 Å². The number of aliphatic hydroxyl groups excluding tert-OH is 2. The van der Waals surface area contributed by atoms with Crippen LogP contribution >= 0.6 is 11.3 Å². The highest BCUT2D eigenvalue weighted by Crippen LogP contribution is 2.31. The number of carbonyl (C=O) groups is 1. The molecule has 0 aliphatic heterocycles. The summed E-state index contributed by atoms with van der Waals surface area (Å²) in [6.45, 7) is 0.456. The van der Waals surface area contributed by atoms with Gasteiger partial charge in [0.25, 0.3) is 5.91 Å². The van der Waals surface area contributed by atoms with Crippen molar-refractivity contribution in [3.63, 3.8) is 0 Å². The predicted octanol–water partition coefficient (Wildman–Crippen LogP) is 1.65. The molecule has 1 amide bonds. The number of ether oxygens (including phenoxy) is 1. The van der Waals surface area contributed by atoms with Crippen LogP contribution in [0.1, 0.15) is 6.92 Å². The Morgan fingerprint density at radius 2 is 1.81 bits per heavy atom. The smallest absolute Gasteiger partial charge is 0.258 e. The number of benzene rings is 2. The lowest BCUT2D eigenvalue weighted by Gasteiger charge is -2.26. The normalized spacial score (nSPS) is 11.7. The van der Waals surface area contributed by atoms with E-state index in [1.807, 2.05) is 18.2 Å². The number of hydrogen-bond acceptors (Lipinski definition) is 6. The minimum atomic E-state index is -1.11. The number of aliphatic hydroxyl groups is 2. The first-order valence-corrected chi connectivity index (χ1v) is 8.89. The maximum absolute atomic E-state index is 12.7. The molecule has 0 aliphatic rings. The average molecular weight is 373 g/mol. The highest BCUT2D eigenvalue weighted by atomic mass is 32.1. The highest BCUT2D eigenvalue weighted by Gasteiger charge is 2.24. The summed E-state index contributed by atoms with van der Waals surface area (Å²) in [7, 11) is 0. The molecule has 3 aromatic rings. The first kappa shape index (κ1) is 18.3. The third-order valence-electron chi connectivity index (χ3n) is 4.07. The van der Waals surface area contributed by atoms with Crippen molar-refractivity contribution < 1.29 is 19.7 Å². The van der Waals surface area contributed by atoms with E-state index in [-0.39, 0.29) is 12.0 Å². The van der Waals surface area contributed by atoms with Gasteiger partial charge in [-0.1, -0.05) is 18.2 Å². The fourth-order valence-corrected chi connectivity index (χ4v) is 3.69. The van der Waals surface area contributed by atoms with Crippen molar-refractivity contribution in [2.24, 2.45) is 0 Å². The van der Waals surface area contributed by atoms with Gasteiger partial charge in [-0.3, -0.25) is 9.59 Å². The molecule has 0 fully saturated rings. The Kier molecular flexibility index (Phi) is 5.22. The molecule has 0 unspecified atom stereocenters. The Balaban J connectivity index is 1.89. The molecular formula is C19H19NO5S. The molecule has 0 saturated carbocycles. The maximum atomic E-state index is 12.7. The van der Waals surface area contributed by atoms with Crippen LogP contribution in [-0.2, 0) is 4.79 Å². The molecule has 3 N–H and O–H groups in total. The molecular weight excluding hydrogens is 354 g/mol. The van der Waals surface area contributed by atoms with E-state index in [0.717, 1.165) is 4.70 Å². The standard InChI is InChI=1S/C19H19NO5S/c1-19(10-21,11-22)20-16(23)9-25-14-7-4-6-13-17(24)12-5-2-3-8-15(12)26-18(13)14/h2-8,21-22H,9-11H2,1H3,(H,20,23). The van der Waals surface area contributed by atoms with Crippen molar-refractivity contribution in [1.29, 1.82) is 0 Å². The van der Waals surface area contributed by atoms with Gasteiger partial charge in [-0.25, -0.2) is 0 Å². The van der Waals surface area contributed by atoms with Crippen molar-refractivity contribution in [2.45, 2.75) is 12.5 Å². The van der Waals surface area contributed by atoms with E-state index >= 15 is 0 Å². The molecule has 26 heavy (non-hydrogen) atoms. The molecule has 2 aromatic carbocycles. The Hall–Kier alpha value is -2.48. The van der Waals surface area contributed by atoms with E-state index in [9.17, 15) is 19.8 Å². The number of amides is 1. The molecule has 0 saturated heterocycles. The molecule has 1 heterocycles. The number of nitrogens with one attached hydrogen (secondary N) is 1. The molecule has 0 atom stereocenters. The number of carbonyl (C=O) groups excluding carboxylic acids is 1. The molecule has 1 aromatic heterocycles. The number of fused-ring (bicyclic) bond motifs is 2. The van der Waals surface area contributed by atoms with Gasteiger partial charge in [0.2, 0.25) is 0 Å². The van der Waals surface area contributed by atoms with Crippen LogP contribution in [0.3, 0.4) is 0 Å². The van der Waals surface area contributed by atoms with Crippen molar-refractivity contribution in [2.75, 3.05) is 19.8 Å². The monoisotopic (exact) mass is 373 g/mol. The molecule has 3 rings (SSSR count). The first-order chi connectivity index (χ1) is 12.5. The Labute approximate surface area is 153 Å². The van der Waals surface area contributed by atoms with Gasteiger partial charge in [0.05, 0.1) is 23.5 Å². The van der Waals surface area contributed by atoms with Gasteiger partial charge >= 0.3 is 0 Å². The number of hydrogen-bond donors (Lipinski definition) is 3. The zero-order valence-electron chi connectivity index (χ0n) is 14.2. The molecule has 0 aliphatic carbocycles. The lowest BCUT2D eigenvalue weighted by Crippen LogP contribution is -2.53. The van der Waals surface area contributed by atoms with Gasteiger partial charge in [-0.2, -0.15) is 0 Å². The molecule has 0 radical (unpaired) electrons. The summed E-state index contributed by atoms with van der Waals surface area (Å²) in [6, 6.07) is 12.5. The second-order valence-corrected chi connectivity index (χ2v) is 7.33. The van der Waals surface area contributed by atoms with Crippen LogP contribution in [0.4, 0.5) is 0 Å². The minimum absolute atomic E-state index is 0.0719. The Morgan fingerprint density at radius 1 is 1.12 bits per heavy atom. The van der Waals surface area contributed by atoms with E-state index in [2.05, 4.69) is 5.32 Å². The molecule has 7 heteroatoms. The summed E-state index contributed by atoms with van der Waals surface area (Å²) in [4.78, 5) is 24.7. The first-order valence-electron chi connectivity index (χ1n) is 8.07.